The summed E-state index contributed by atoms with van der Waals surface area (Å²) < 4.78 is 5.52. The number of aromatic nitrogens is 4. The molecule has 0 aromatic carbocycles. The standard InChI is InChI=1S/C18H22N6O2S2/c1-5-12-9-20-14(26-12)6-7-19-16(25)24-18-22-11(3)15(28-18)13-8-10(2)21-17(23-13)27-4/h8-9H,5-7H2,1-4H3,(H2,19,22,24,25). The minimum absolute atomic E-state index is 0.314. The number of nitrogens with one attached hydrogen (secondary N) is 2. The average molecular weight is 419 g/mol. The first-order valence-corrected chi connectivity index (χ1v) is 10.9. The monoisotopic (exact) mass is 418 g/mol. The Bertz CT molecular complexity index is 969. The lowest BCUT2D eigenvalue weighted by Crippen LogP contribution is -2.30. The number of hydrogen-bond acceptors (Lipinski definition) is 8. The van der Waals surface area contributed by atoms with Crippen molar-refractivity contribution in [3.05, 3.63) is 35.3 Å². The van der Waals surface area contributed by atoms with Crippen LogP contribution in [0.15, 0.2) is 21.8 Å². The van der Waals surface area contributed by atoms with Gasteiger partial charge in [-0.1, -0.05) is 30.0 Å². The summed E-state index contributed by atoms with van der Waals surface area (Å²) in [6, 6.07) is 1.61. The summed E-state index contributed by atoms with van der Waals surface area (Å²) in [6.07, 6.45) is 4.99. The molecule has 8 nitrogen and oxygen atoms in total. The highest BCUT2D eigenvalue weighted by Gasteiger charge is 2.14. The Kier molecular flexibility index (Phi) is 6.63. The van der Waals surface area contributed by atoms with Gasteiger partial charge < -0.3 is 9.73 Å². The van der Waals surface area contributed by atoms with E-state index in [2.05, 4.69) is 30.6 Å². The number of nitrogens with zero attached hydrogens (tertiary/aromatic N) is 4. The van der Waals surface area contributed by atoms with Gasteiger partial charge in [0.05, 0.1) is 22.5 Å². The normalized spacial score (nSPS) is 10.9. The highest BCUT2D eigenvalue weighted by Crippen LogP contribution is 2.32. The van der Waals surface area contributed by atoms with E-state index >= 15 is 0 Å². The van der Waals surface area contributed by atoms with Crippen molar-refractivity contribution < 1.29 is 9.21 Å². The van der Waals surface area contributed by atoms with Crippen LogP contribution in [0.25, 0.3) is 10.6 Å². The zero-order valence-electron chi connectivity index (χ0n) is 16.2. The van der Waals surface area contributed by atoms with E-state index in [-0.39, 0.29) is 6.03 Å². The molecule has 0 aliphatic heterocycles. The summed E-state index contributed by atoms with van der Waals surface area (Å²) in [4.78, 5) is 30.6. The van der Waals surface area contributed by atoms with Gasteiger partial charge >= 0.3 is 6.03 Å². The Labute approximate surface area is 171 Å². The molecular formula is C18H22N6O2S2. The molecule has 28 heavy (non-hydrogen) atoms. The second kappa shape index (κ2) is 9.16. The van der Waals surface area contributed by atoms with E-state index in [1.54, 1.807) is 6.20 Å². The molecule has 148 valence electrons. The van der Waals surface area contributed by atoms with Crippen molar-refractivity contribution in [2.24, 2.45) is 0 Å². The number of carbonyl (C=O) groups is 1. The molecule has 3 heterocycles. The Balaban J connectivity index is 1.60. The summed E-state index contributed by atoms with van der Waals surface area (Å²) >= 11 is 2.89. The van der Waals surface area contributed by atoms with Crippen molar-refractivity contribution in [1.29, 1.82) is 0 Å². The number of amides is 2. The number of anilines is 1. The Morgan fingerprint density at radius 1 is 1.29 bits per heavy atom. The van der Waals surface area contributed by atoms with Gasteiger partial charge in [-0.25, -0.2) is 24.7 Å². The van der Waals surface area contributed by atoms with E-state index in [9.17, 15) is 4.79 Å². The number of oxazole rings is 1. The summed E-state index contributed by atoms with van der Waals surface area (Å²) in [7, 11) is 0. The summed E-state index contributed by atoms with van der Waals surface area (Å²) in [6.45, 7) is 6.27. The Morgan fingerprint density at radius 3 is 2.82 bits per heavy atom. The van der Waals surface area contributed by atoms with Gasteiger partial charge in [0.15, 0.2) is 16.2 Å². The van der Waals surface area contributed by atoms with Gasteiger partial charge in [0, 0.05) is 25.1 Å². The van der Waals surface area contributed by atoms with Crippen LogP contribution in [0, 0.1) is 13.8 Å². The molecule has 0 saturated carbocycles. The number of thioether (sulfide) groups is 1. The van der Waals surface area contributed by atoms with Gasteiger partial charge in [-0.15, -0.1) is 0 Å². The molecule has 0 saturated heterocycles. The van der Waals surface area contributed by atoms with Crippen LogP contribution in [0.3, 0.4) is 0 Å². The van der Waals surface area contributed by atoms with E-state index in [4.69, 9.17) is 4.42 Å². The number of thiazole rings is 1. The van der Waals surface area contributed by atoms with E-state index in [1.807, 2.05) is 33.1 Å². The fraction of sp³-hybridized carbons (Fsp3) is 0.389. The van der Waals surface area contributed by atoms with Crippen LogP contribution >= 0.6 is 23.1 Å². The fourth-order valence-corrected chi connectivity index (χ4v) is 3.83. The van der Waals surface area contributed by atoms with Crippen LogP contribution in [0.1, 0.15) is 30.0 Å². The lowest BCUT2D eigenvalue weighted by atomic mass is 10.2. The zero-order valence-corrected chi connectivity index (χ0v) is 17.8. The average Bonchev–Trinajstić information content (AvgIpc) is 3.27. The number of rotatable bonds is 7. The minimum Gasteiger partial charge on any atom is -0.446 e. The Morgan fingerprint density at radius 2 is 2.11 bits per heavy atom. The van der Waals surface area contributed by atoms with Gasteiger partial charge in [0.25, 0.3) is 0 Å². The van der Waals surface area contributed by atoms with Crippen LogP contribution < -0.4 is 10.6 Å². The lowest BCUT2D eigenvalue weighted by Gasteiger charge is -2.04. The number of carbonyl (C=O) groups excluding carboxylic acids is 1. The van der Waals surface area contributed by atoms with Crippen LogP contribution in [0.5, 0.6) is 0 Å². The molecule has 10 heteroatoms. The lowest BCUT2D eigenvalue weighted by molar-refractivity contribution is 0.252. The molecule has 0 aliphatic carbocycles. The quantitative estimate of drug-likeness (QED) is 0.443. The SMILES string of the molecule is CCc1cnc(CCNC(=O)Nc2nc(C)c(-c3cc(C)nc(SC)n3)s2)o1. The molecule has 0 radical (unpaired) electrons. The summed E-state index contributed by atoms with van der Waals surface area (Å²) in [5.74, 6) is 1.46. The topological polar surface area (TPSA) is 106 Å². The zero-order chi connectivity index (χ0) is 20.1. The van der Waals surface area contributed by atoms with Crippen molar-refractivity contribution in [3.8, 4) is 10.6 Å². The van der Waals surface area contributed by atoms with Gasteiger partial charge in [-0.2, -0.15) is 0 Å². The molecule has 2 amide bonds. The van der Waals surface area contributed by atoms with Crippen molar-refractivity contribution in [3.63, 3.8) is 0 Å². The molecule has 3 aromatic rings. The van der Waals surface area contributed by atoms with Crippen molar-refractivity contribution in [2.75, 3.05) is 18.1 Å². The first-order valence-electron chi connectivity index (χ1n) is 8.84. The maximum Gasteiger partial charge on any atom is 0.321 e. The van der Waals surface area contributed by atoms with Crippen molar-refractivity contribution in [2.45, 2.75) is 38.8 Å². The van der Waals surface area contributed by atoms with Crippen LogP contribution in [0.4, 0.5) is 9.93 Å². The molecular weight excluding hydrogens is 396 g/mol. The highest BCUT2D eigenvalue weighted by atomic mass is 32.2. The number of urea groups is 1. The number of hydrogen-bond donors (Lipinski definition) is 2. The first-order chi connectivity index (χ1) is 13.5. The largest absolute Gasteiger partial charge is 0.446 e. The first kappa shape index (κ1) is 20.3. The highest BCUT2D eigenvalue weighted by molar-refractivity contribution is 7.98. The third-order valence-corrected chi connectivity index (χ3v) is 5.48. The minimum atomic E-state index is -0.314. The van der Waals surface area contributed by atoms with Crippen LogP contribution in [-0.2, 0) is 12.8 Å². The molecule has 2 N–H and O–H groups in total. The maximum atomic E-state index is 12.1. The van der Waals surface area contributed by atoms with E-state index < -0.39 is 0 Å². The molecule has 0 atom stereocenters. The van der Waals surface area contributed by atoms with Crippen LogP contribution in [-0.4, -0.2) is 38.8 Å². The molecule has 3 aromatic heterocycles. The third-order valence-electron chi connectivity index (χ3n) is 3.84. The molecule has 0 unspecified atom stereocenters. The third kappa shape index (κ3) is 5.08. The van der Waals surface area contributed by atoms with Gasteiger partial charge in [-0.05, 0) is 26.2 Å². The predicted molar refractivity (Wildman–Crippen MR) is 111 cm³/mol. The Hall–Kier alpha value is -2.46. The van der Waals surface area contributed by atoms with Gasteiger partial charge in [0.2, 0.25) is 0 Å². The van der Waals surface area contributed by atoms with E-state index in [0.29, 0.717) is 29.1 Å². The van der Waals surface area contributed by atoms with E-state index in [1.165, 1.54) is 23.1 Å². The fourth-order valence-electron chi connectivity index (χ4n) is 2.49. The van der Waals surface area contributed by atoms with Crippen LogP contribution in [0.2, 0.25) is 0 Å². The van der Waals surface area contributed by atoms with Gasteiger partial charge in [0.1, 0.15) is 5.76 Å². The summed E-state index contributed by atoms with van der Waals surface area (Å²) in [5, 5.41) is 6.81. The molecule has 3 rings (SSSR count). The smallest absolute Gasteiger partial charge is 0.321 e. The predicted octanol–water partition coefficient (Wildman–Crippen LogP) is 3.85. The summed E-state index contributed by atoms with van der Waals surface area (Å²) in [5.41, 5.74) is 2.53. The maximum absolute atomic E-state index is 12.1. The van der Waals surface area contributed by atoms with Crippen molar-refractivity contribution in [1.82, 2.24) is 25.3 Å². The van der Waals surface area contributed by atoms with E-state index in [0.717, 1.165) is 34.1 Å². The molecule has 0 fully saturated rings. The number of aryl methyl sites for hydroxylation is 3. The second-order valence-electron chi connectivity index (χ2n) is 6.02. The van der Waals surface area contributed by atoms with Crippen molar-refractivity contribution >= 4 is 34.3 Å². The molecule has 0 aliphatic rings. The molecule has 0 spiro atoms. The second-order valence-corrected chi connectivity index (χ2v) is 7.79. The molecule has 0 bridgehead atoms. The van der Waals surface area contributed by atoms with Gasteiger partial charge in [-0.3, -0.25) is 5.32 Å².